The number of carbonyl (C=O) groups is 1. The number of fused-ring (bicyclic) bond motifs is 1. The average molecular weight is 632 g/mol. The quantitative estimate of drug-likeness (QED) is 0.258. The van der Waals surface area contributed by atoms with E-state index in [1.807, 2.05) is 13.0 Å². The fraction of sp³-hybridized carbons (Fsp3) is 0.154. The zero-order valence-electron chi connectivity index (χ0n) is 19.8. The third-order valence-electron chi connectivity index (χ3n) is 5.27. The third kappa shape index (κ3) is 6.23. The van der Waals surface area contributed by atoms with Crippen LogP contribution in [-0.2, 0) is 11.2 Å². The monoisotopic (exact) mass is 630 g/mol. The van der Waals surface area contributed by atoms with Gasteiger partial charge in [-0.2, -0.15) is 9.78 Å². The molecule has 1 aromatic heterocycles. The van der Waals surface area contributed by atoms with Crippen molar-refractivity contribution in [2.24, 2.45) is 5.10 Å². The molecule has 37 heavy (non-hydrogen) atoms. The molecule has 11 heteroatoms. The zero-order valence-corrected chi connectivity index (χ0v) is 23.0. The van der Waals surface area contributed by atoms with Gasteiger partial charge in [0.15, 0.2) is 18.1 Å². The molecule has 4 aromatic rings. The van der Waals surface area contributed by atoms with Crippen molar-refractivity contribution in [3.8, 4) is 11.5 Å². The largest absolute Gasteiger partial charge is 0.493 e. The maximum Gasteiger partial charge on any atom is 0.282 e. The number of benzene rings is 3. The lowest BCUT2D eigenvalue weighted by atomic mass is 10.2. The van der Waals surface area contributed by atoms with E-state index in [9.17, 15) is 14.0 Å². The minimum atomic E-state index is -0.419. The summed E-state index contributed by atoms with van der Waals surface area (Å²) < 4.78 is 26.8. The van der Waals surface area contributed by atoms with Crippen LogP contribution in [0.4, 0.5) is 10.1 Å². The lowest BCUT2D eigenvalue weighted by molar-refractivity contribution is -0.118. The average Bonchev–Trinajstić information content (AvgIpc) is 2.89. The number of hydrogen-bond donors (Lipinski definition) is 1. The lowest BCUT2D eigenvalue weighted by Crippen LogP contribution is -2.22. The predicted molar refractivity (Wildman–Crippen MR) is 147 cm³/mol. The summed E-state index contributed by atoms with van der Waals surface area (Å²) in [6.07, 6.45) is 2.03. The van der Waals surface area contributed by atoms with Gasteiger partial charge in [0, 0.05) is 26.6 Å². The number of anilines is 1. The number of ether oxygens (including phenoxy) is 2. The number of carbonyl (C=O) groups excluding carboxylic acids is 1. The Hall–Kier alpha value is -3.57. The summed E-state index contributed by atoms with van der Waals surface area (Å²) in [6.45, 7) is 1.61. The summed E-state index contributed by atoms with van der Waals surface area (Å²) in [5.74, 6) is 0.393. The van der Waals surface area contributed by atoms with Crippen molar-refractivity contribution in [1.82, 2.24) is 9.66 Å². The number of hydrogen-bond acceptors (Lipinski definition) is 6. The summed E-state index contributed by atoms with van der Waals surface area (Å²) in [5, 5.41) is 7.48. The van der Waals surface area contributed by atoms with Gasteiger partial charge in [-0.25, -0.2) is 9.37 Å². The Balaban J connectivity index is 1.56. The SMILES string of the molecule is CCc1nc2ccc(Br)cc2c(=O)n1N=Cc1cc(OC)c(OCC(=O)Nc2ccc(F)cc2)cc1Br. The summed E-state index contributed by atoms with van der Waals surface area (Å²) in [7, 11) is 1.47. The van der Waals surface area contributed by atoms with Crippen LogP contribution in [0.1, 0.15) is 18.3 Å². The minimum absolute atomic E-state index is 0.283. The van der Waals surface area contributed by atoms with E-state index in [1.54, 1.807) is 24.3 Å². The predicted octanol–water partition coefficient (Wildman–Crippen LogP) is 5.53. The number of halogens is 3. The van der Waals surface area contributed by atoms with E-state index < -0.39 is 11.7 Å². The van der Waals surface area contributed by atoms with Gasteiger partial charge in [0.1, 0.15) is 11.6 Å². The number of nitrogens with zero attached hydrogens (tertiary/aromatic N) is 3. The van der Waals surface area contributed by atoms with Crippen LogP contribution in [0.15, 0.2) is 73.4 Å². The van der Waals surface area contributed by atoms with Crippen LogP contribution in [0.25, 0.3) is 10.9 Å². The number of aryl methyl sites for hydroxylation is 1. The van der Waals surface area contributed by atoms with Crippen molar-refractivity contribution >= 4 is 60.6 Å². The fourth-order valence-electron chi connectivity index (χ4n) is 3.46. The molecule has 0 spiro atoms. The Bertz CT molecular complexity index is 1560. The van der Waals surface area contributed by atoms with Crippen molar-refractivity contribution in [1.29, 1.82) is 0 Å². The van der Waals surface area contributed by atoms with E-state index in [0.29, 0.717) is 50.4 Å². The van der Waals surface area contributed by atoms with Gasteiger partial charge in [0.2, 0.25) is 0 Å². The fourth-order valence-corrected chi connectivity index (χ4v) is 4.24. The first kappa shape index (κ1) is 26.5. The number of nitrogens with one attached hydrogen (secondary N) is 1. The number of aromatic nitrogens is 2. The van der Waals surface area contributed by atoms with Crippen molar-refractivity contribution in [2.75, 3.05) is 19.0 Å². The van der Waals surface area contributed by atoms with Crippen molar-refractivity contribution in [3.63, 3.8) is 0 Å². The molecule has 0 unspecified atom stereocenters. The molecule has 8 nitrogen and oxygen atoms in total. The Labute approximate surface area is 228 Å². The van der Waals surface area contributed by atoms with E-state index in [0.717, 1.165) is 4.47 Å². The second-order valence-corrected chi connectivity index (χ2v) is 9.54. The van der Waals surface area contributed by atoms with Gasteiger partial charge >= 0.3 is 0 Å². The van der Waals surface area contributed by atoms with Crippen molar-refractivity contribution in [3.05, 3.63) is 91.1 Å². The molecule has 0 radical (unpaired) electrons. The van der Waals surface area contributed by atoms with Gasteiger partial charge in [0.25, 0.3) is 11.5 Å². The Morgan fingerprint density at radius 2 is 1.89 bits per heavy atom. The van der Waals surface area contributed by atoms with Gasteiger partial charge in [-0.3, -0.25) is 9.59 Å². The zero-order chi connectivity index (χ0) is 26.5. The molecule has 0 atom stereocenters. The molecule has 0 saturated carbocycles. The van der Waals surface area contributed by atoms with Crippen molar-refractivity contribution in [2.45, 2.75) is 13.3 Å². The minimum Gasteiger partial charge on any atom is -0.493 e. The smallest absolute Gasteiger partial charge is 0.282 e. The van der Waals surface area contributed by atoms with E-state index in [-0.39, 0.29) is 12.2 Å². The van der Waals surface area contributed by atoms with Gasteiger partial charge in [-0.1, -0.05) is 22.9 Å². The molecular weight excluding hydrogens is 611 g/mol. The van der Waals surface area contributed by atoms with E-state index >= 15 is 0 Å². The maximum absolute atomic E-state index is 13.1. The number of amides is 1. The molecule has 190 valence electrons. The molecule has 3 aromatic carbocycles. The Morgan fingerprint density at radius 1 is 1.14 bits per heavy atom. The van der Waals surface area contributed by atoms with Crippen LogP contribution in [0, 0.1) is 5.82 Å². The highest BCUT2D eigenvalue weighted by atomic mass is 79.9. The molecular formula is C26H21Br2FN4O4. The summed E-state index contributed by atoms with van der Waals surface area (Å²) in [5.41, 5.74) is 1.38. The van der Waals surface area contributed by atoms with Crippen LogP contribution in [0.3, 0.4) is 0 Å². The van der Waals surface area contributed by atoms with Crippen LogP contribution in [-0.4, -0.2) is 35.5 Å². The van der Waals surface area contributed by atoms with E-state index in [2.05, 4.69) is 47.3 Å². The second kappa shape index (κ2) is 11.7. The Morgan fingerprint density at radius 3 is 2.59 bits per heavy atom. The number of rotatable bonds is 8. The normalized spacial score (nSPS) is 11.2. The van der Waals surface area contributed by atoms with Crippen LogP contribution in [0.2, 0.25) is 0 Å². The standard InChI is InChI=1S/C26H21Br2FN4O4/c1-3-24-32-21-9-4-16(27)11-19(21)26(35)33(24)30-13-15-10-22(36-2)23(12-20(15)28)37-14-25(34)31-18-7-5-17(29)6-8-18/h4-13H,3,14H2,1-2H3,(H,31,34). The highest BCUT2D eigenvalue weighted by molar-refractivity contribution is 9.10. The maximum atomic E-state index is 13.1. The molecule has 0 fully saturated rings. The van der Waals surface area contributed by atoms with Crippen LogP contribution in [0.5, 0.6) is 11.5 Å². The Kier molecular flexibility index (Phi) is 8.34. The van der Waals surface area contributed by atoms with Gasteiger partial charge in [-0.15, -0.1) is 0 Å². The highest BCUT2D eigenvalue weighted by Gasteiger charge is 2.13. The van der Waals surface area contributed by atoms with Gasteiger partial charge < -0.3 is 14.8 Å². The second-order valence-electron chi connectivity index (χ2n) is 7.77. The molecule has 0 aliphatic heterocycles. The molecule has 4 rings (SSSR count). The summed E-state index contributed by atoms with van der Waals surface area (Å²) in [4.78, 5) is 29.9. The first-order valence-corrected chi connectivity index (χ1v) is 12.7. The highest BCUT2D eigenvalue weighted by Crippen LogP contribution is 2.33. The van der Waals surface area contributed by atoms with Gasteiger partial charge in [-0.05, 0) is 70.5 Å². The molecule has 0 bridgehead atoms. The molecule has 1 amide bonds. The van der Waals surface area contributed by atoms with Gasteiger partial charge in [0.05, 0.1) is 24.2 Å². The first-order valence-electron chi connectivity index (χ1n) is 11.1. The van der Waals surface area contributed by atoms with Crippen LogP contribution < -0.4 is 20.3 Å². The van der Waals surface area contributed by atoms with Crippen LogP contribution >= 0.6 is 31.9 Å². The first-order chi connectivity index (χ1) is 17.8. The summed E-state index contributed by atoms with van der Waals surface area (Å²) >= 11 is 6.87. The molecule has 1 heterocycles. The topological polar surface area (TPSA) is 94.8 Å². The van der Waals surface area contributed by atoms with E-state index in [4.69, 9.17) is 9.47 Å². The molecule has 1 N–H and O–H groups in total. The van der Waals surface area contributed by atoms with Crippen molar-refractivity contribution < 1.29 is 18.7 Å². The number of methoxy groups -OCH3 is 1. The lowest BCUT2D eigenvalue weighted by Gasteiger charge is -2.13. The third-order valence-corrected chi connectivity index (χ3v) is 6.45. The van der Waals surface area contributed by atoms with E-state index in [1.165, 1.54) is 42.3 Å². The molecule has 0 aliphatic rings. The summed E-state index contributed by atoms with van der Waals surface area (Å²) in [6, 6.07) is 14.1. The molecule has 0 aliphatic carbocycles. The molecule has 0 saturated heterocycles.